The first kappa shape index (κ1) is 16.8. The van der Waals surface area contributed by atoms with E-state index in [2.05, 4.69) is 21.4 Å². The SMILES string of the molecule is COc1ccc(CN2CCn3nc(CNC(C)=O)cc3C2)cc1Cl. The quantitative estimate of drug-likeness (QED) is 0.900. The van der Waals surface area contributed by atoms with E-state index >= 15 is 0 Å². The number of nitrogens with zero attached hydrogens (tertiary/aromatic N) is 3. The van der Waals surface area contributed by atoms with Crippen LogP contribution in [0.1, 0.15) is 23.9 Å². The maximum Gasteiger partial charge on any atom is 0.217 e. The Morgan fingerprint density at radius 1 is 1.38 bits per heavy atom. The van der Waals surface area contributed by atoms with Crippen molar-refractivity contribution in [3.05, 3.63) is 46.2 Å². The molecule has 7 heteroatoms. The van der Waals surface area contributed by atoms with Crippen molar-refractivity contribution in [1.29, 1.82) is 0 Å². The summed E-state index contributed by atoms with van der Waals surface area (Å²) in [5.74, 6) is 0.652. The highest BCUT2D eigenvalue weighted by Gasteiger charge is 2.19. The maximum atomic E-state index is 11.0. The first-order valence-electron chi connectivity index (χ1n) is 7.90. The van der Waals surface area contributed by atoms with E-state index in [1.54, 1.807) is 7.11 Å². The smallest absolute Gasteiger partial charge is 0.217 e. The van der Waals surface area contributed by atoms with E-state index in [0.29, 0.717) is 17.3 Å². The molecular weight excluding hydrogens is 328 g/mol. The topological polar surface area (TPSA) is 59.4 Å². The minimum Gasteiger partial charge on any atom is -0.495 e. The van der Waals surface area contributed by atoms with Gasteiger partial charge in [-0.15, -0.1) is 0 Å². The van der Waals surface area contributed by atoms with Gasteiger partial charge in [-0.05, 0) is 23.8 Å². The summed E-state index contributed by atoms with van der Waals surface area (Å²) in [7, 11) is 1.62. The Labute approximate surface area is 146 Å². The maximum absolute atomic E-state index is 11.0. The number of nitrogens with one attached hydrogen (secondary N) is 1. The summed E-state index contributed by atoms with van der Waals surface area (Å²) in [6.07, 6.45) is 0. The van der Waals surface area contributed by atoms with E-state index in [9.17, 15) is 4.79 Å². The number of amides is 1. The molecular formula is C17H21ClN4O2. The number of carbonyl (C=O) groups is 1. The third kappa shape index (κ3) is 3.88. The number of carbonyl (C=O) groups excluding carboxylic acids is 1. The molecule has 0 radical (unpaired) electrons. The second-order valence-electron chi connectivity index (χ2n) is 5.94. The zero-order valence-electron chi connectivity index (χ0n) is 13.9. The summed E-state index contributed by atoms with van der Waals surface area (Å²) in [5.41, 5.74) is 3.22. The highest BCUT2D eigenvalue weighted by atomic mass is 35.5. The van der Waals surface area contributed by atoms with Gasteiger partial charge in [-0.2, -0.15) is 5.10 Å². The number of fused-ring (bicyclic) bond motifs is 1. The van der Waals surface area contributed by atoms with Crippen LogP contribution in [0.5, 0.6) is 5.75 Å². The van der Waals surface area contributed by atoms with E-state index in [-0.39, 0.29) is 5.91 Å². The third-order valence-corrected chi connectivity index (χ3v) is 4.36. The second kappa shape index (κ2) is 7.23. The fourth-order valence-electron chi connectivity index (χ4n) is 2.88. The lowest BCUT2D eigenvalue weighted by molar-refractivity contribution is -0.119. The molecule has 128 valence electrons. The number of hydrogen-bond donors (Lipinski definition) is 1. The van der Waals surface area contributed by atoms with Crippen molar-refractivity contribution in [2.24, 2.45) is 0 Å². The molecule has 24 heavy (non-hydrogen) atoms. The monoisotopic (exact) mass is 348 g/mol. The van der Waals surface area contributed by atoms with E-state index in [0.717, 1.165) is 37.4 Å². The molecule has 2 heterocycles. The average molecular weight is 349 g/mol. The van der Waals surface area contributed by atoms with E-state index in [4.69, 9.17) is 16.3 Å². The van der Waals surface area contributed by atoms with Gasteiger partial charge in [-0.25, -0.2) is 0 Å². The van der Waals surface area contributed by atoms with Crippen LogP contribution in [0.25, 0.3) is 0 Å². The van der Waals surface area contributed by atoms with Crippen molar-refractivity contribution in [3.8, 4) is 5.75 Å². The van der Waals surface area contributed by atoms with Crippen molar-refractivity contribution >= 4 is 17.5 Å². The van der Waals surface area contributed by atoms with Crippen LogP contribution in [0.2, 0.25) is 5.02 Å². The van der Waals surface area contributed by atoms with Gasteiger partial charge in [0.2, 0.25) is 5.91 Å². The Bertz CT molecular complexity index is 744. The van der Waals surface area contributed by atoms with Crippen LogP contribution in [0.3, 0.4) is 0 Å². The minimum atomic E-state index is -0.0426. The number of hydrogen-bond acceptors (Lipinski definition) is 4. The van der Waals surface area contributed by atoms with Crippen LogP contribution in [-0.2, 0) is 31.0 Å². The van der Waals surface area contributed by atoms with Gasteiger partial charge in [0.15, 0.2) is 0 Å². The molecule has 3 rings (SSSR count). The summed E-state index contributed by atoms with van der Waals surface area (Å²) in [6, 6.07) is 7.95. The van der Waals surface area contributed by atoms with Crippen molar-refractivity contribution in [1.82, 2.24) is 20.0 Å². The van der Waals surface area contributed by atoms with Crippen LogP contribution in [0, 0.1) is 0 Å². The number of methoxy groups -OCH3 is 1. The molecule has 1 amide bonds. The third-order valence-electron chi connectivity index (χ3n) is 4.07. The summed E-state index contributed by atoms with van der Waals surface area (Å²) < 4.78 is 7.21. The van der Waals surface area contributed by atoms with Gasteiger partial charge in [0.05, 0.1) is 36.6 Å². The summed E-state index contributed by atoms with van der Waals surface area (Å²) >= 11 is 6.20. The van der Waals surface area contributed by atoms with Crippen molar-refractivity contribution in [3.63, 3.8) is 0 Å². The van der Waals surface area contributed by atoms with Crippen molar-refractivity contribution < 1.29 is 9.53 Å². The first-order chi connectivity index (χ1) is 11.5. The van der Waals surface area contributed by atoms with Gasteiger partial charge in [-0.3, -0.25) is 14.4 Å². The number of ether oxygens (including phenoxy) is 1. The van der Waals surface area contributed by atoms with Gasteiger partial charge in [0, 0.05) is 26.6 Å². The molecule has 1 aromatic heterocycles. The molecule has 0 aliphatic carbocycles. The Hall–Kier alpha value is -2.05. The Balaban J connectivity index is 1.64. The number of rotatable bonds is 5. The number of benzene rings is 1. The van der Waals surface area contributed by atoms with Crippen LogP contribution in [-0.4, -0.2) is 34.2 Å². The molecule has 1 aromatic carbocycles. The molecule has 2 aromatic rings. The number of halogens is 1. The summed E-state index contributed by atoms with van der Waals surface area (Å²) in [4.78, 5) is 13.4. The lowest BCUT2D eigenvalue weighted by Gasteiger charge is -2.27. The lowest BCUT2D eigenvalue weighted by Crippen LogP contribution is -2.33. The molecule has 0 saturated heterocycles. The van der Waals surface area contributed by atoms with E-state index in [1.807, 2.05) is 22.9 Å². The molecule has 0 atom stereocenters. The fourth-order valence-corrected chi connectivity index (χ4v) is 3.16. The lowest BCUT2D eigenvalue weighted by atomic mass is 10.2. The van der Waals surface area contributed by atoms with E-state index < -0.39 is 0 Å². The van der Waals surface area contributed by atoms with Crippen molar-refractivity contribution in [2.75, 3.05) is 13.7 Å². The highest BCUT2D eigenvalue weighted by molar-refractivity contribution is 6.32. The largest absolute Gasteiger partial charge is 0.495 e. The molecule has 0 fully saturated rings. The molecule has 0 spiro atoms. The minimum absolute atomic E-state index is 0.0426. The van der Waals surface area contributed by atoms with E-state index in [1.165, 1.54) is 12.6 Å². The molecule has 1 aliphatic heterocycles. The predicted molar refractivity (Wildman–Crippen MR) is 91.9 cm³/mol. The Morgan fingerprint density at radius 3 is 2.92 bits per heavy atom. The molecule has 6 nitrogen and oxygen atoms in total. The predicted octanol–water partition coefficient (Wildman–Crippen LogP) is 2.20. The highest BCUT2D eigenvalue weighted by Crippen LogP contribution is 2.26. The first-order valence-corrected chi connectivity index (χ1v) is 8.28. The van der Waals surface area contributed by atoms with Crippen LogP contribution < -0.4 is 10.1 Å². The Morgan fingerprint density at radius 2 is 2.21 bits per heavy atom. The zero-order valence-corrected chi connectivity index (χ0v) is 14.6. The van der Waals surface area contributed by atoms with Gasteiger partial charge in [0.1, 0.15) is 5.75 Å². The van der Waals surface area contributed by atoms with Crippen LogP contribution in [0.15, 0.2) is 24.3 Å². The standard InChI is InChI=1S/C17H21ClN4O2/c1-12(23)19-9-14-8-15-11-21(5-6-22(15)20-14)10-13-3-4-17(24-2)16(18)7-13/h3-4,7-8H,5-6,9-11H2,1-2H3,(H,19,23). The normalized spacial score (nSPS) is 14.3. The molecule has 1 N–H and O–H groups in total. The fraction of sp³-hybridized carbons (Fsp3) is 0.412. The van der Waals surface area contributed by atoms with Gasteiger partial charge in [-0.1, -0.05) is 17.7 Å². The van der Waals surface area contributed by atoms with Gasteiger partial charge >= 0.3 is 0 Å². The van der Waals surface area contributed by atoms with Crippen LogP contribution >= 0.6 is 11.6 Å². The molecule has 1 aliphatic rings. The average Bonchev–Trinajstić information content (AvgIpc) is 2.95. The van der Waals surface area contributed by atoms with Gasteiger partial charge < -0.3 is 10.1 Å². The second-order valence-corrected chi connectivity index (χ2v) is 6.35. The molecule has 0 unspecified atom stereocenters. The number of aromatic nitrogens is 2. The summed E-state index contributed by atoms with van der Waals surface area (Å²) in [6.45, 7) is 5.42. The van der Waals surface area contributed by atoms with Gasteiger partial charge in [0.25, 0.3) is 0 Å². The molecule has 0 saturated carbocycles. The molecule has 0 bridgehead atoms. The van der Waals surface area contributed by atoms with Crippen LogP contribution in [0.4, 0.5) is 0 Å². The summed E-state index contributed by atoms with van der Waals surface area (Å²) in [5, 5.41) is 7.96. The zero-order chi connectivity index (χ0) is 17.1. The Kier molecular flexibility index (Phi) is 5.06. The van der Waals surface area contributed by atoms with Crippen molar-refractivity contribution in [2.45, 2.75) is 33.1 Å².